The monoisotopic (exact) mass is 265 g/mol. The zero-order valence-electron chi connectivity index (χ0n) is 11.7. The number of amides is 1. The highest BCUT2D eigenvalue weighted by Gasteiger charge is 2.27. The van der Waals surface area contributed by atoms with Crippen molar-refractivity contribution in [1.29, 1.82) is 0 Å². The Morgan fingerprint density at radius 2 is 2.42 bits per heavy atom. The van der Waals surface area contributed by atoms with E-state index in [-0.39, 0.29) is 11.9 Å². The second-order valence-corrected chi connectivity index (χ2v) is 4.82. The first-order chi connectivity index (χ1) is 9.22. The number of imidazole rings is 1. The molecule has 106 valence electrons. The fourth-order valence-corrected chi connectivity index (χ4v) is 2.44. The molecule has 1 aliphatic heterocycles. The lowest BCUT2D eigenvalue weighted by Crippen LogP contribution is -2.58. The number of hydrogen-bond acceptors (Lipinski definition) is 4. The second-order valence-electron chi connectivity index (χ2n) is 4.82. The number of carbonyl (C=O) groups excluding carboxylic acids is 1. The topological polar surface area (TPSA) is 62.2 Å². The van der Waals surface area contributed by atoms with Crippen molar-refractivity contribution >= 4 is 5.91 Å². The summed E-state index contributed by atoms with van der Waals surface area (Å²) in [6.07, 6.45) is 3.80. The molecule has 1 aliphatic rings. The predicted octanol–water partition coefficient (Wildman–Crippen LogP) is -0.399. The summed E-state index contributed by atoms with van der Waals surface area (Å²) in [5, 5.41) is 6.20. The third-order valence-corrected chi connectivity index (χ3v) is 3.56. The smallest absolute Gasteiger partial charge is 0.238 e. The molecule has 2 heterocycles. The summed E-state index contributed by atoms with van der Waals surface area (Å²) in [6.45, 7) is 8.97. The Morgan fingerprint density at radius 1 is 1.58 bits per heavy atom. The van der Waals surface area contributed by atoms with E-state index in [9.17, 15) is 4.79 Å². The summed E-state index contributed by atoms with van der Waals surface area (Å²) in [4.78, 5) is 18.5. The standard InChI is InChI=1S/C13H23N5O/c1-3-15-13(19)12-10-14-4-6-18(12)9-8-17-7-5-16-11(17)2/h5,7,12,14H,3-4,6,8-10H2,1-2H3,(H,15,19). The van der Waals surface area contributed by atoms with E-state index in [1.165, 1.54) is 0 Å². The van der Waals surface area contributed by atoms with Crippen molar-refractivity contribution < 1.29 is 4.79 Å². The van der Waals surface area contributed by atoms with Gasteiger partial charge in [-0.25, -0.2) is 4.98 Å². The number of aromatic nitrogens is 2. The first kappa shape index (κ1) is 14.0. The Bertz CT molecular complexity index is 417. The molecule has 2 rings (SSSR count). The van der Waals surface area contributed by atoms with Crippen LogP contribution in [0, 0.1) is 6.92 Å². The van der Waals surface area contributed by atoms with E-state index in [4.69, 9.17) is 0 Å². The van der Waals surface area contributed by atoms with Crippen LogP contribution in [0.3, 0.4) is 0 Å². The summed E-state index contributed by atoms with van der Waals surface area (Å²) >= 11 is 0. The molecular weight excluding hydrogens is 242 g/mol. The van der Waals surface area contributed by atoms with Gasteiger partial charge in [0.25, 0.3) is 0 Å². The lowest BCUT2D eigenvalue weighted by atomic mass is 10.1. The maximum absolute atomic E-state index is 12.0. The first-order valence-electron chi connectivity index (χ1n) is 6.92. The molecule has 1 atom stereocenters. The molecule has 0 spiro atoms. The van der Waals surface area contributed by atoms with Crippen molar-refractivity contribution in [2.75, 3.05) is 32.7 Å². The van der Waals surface area contributed by atoms with Gasteiger partial charge in [-0.1, -0.05) is 0 Å². The van der Waals surface area contributed by atoms with Crippen molar-refractivity contribution in [2.45, 2.75) is 26.4 Å². The van der Waals surface area contributed by atoms with E-state index >= 15 is 0 Å². The number of nitrogens with one attached hydrogen (secondary N) is 2. The molecule has 1 aromatic rings. The van der Waals surface area contributed by atoms with Crippen LogP contribution >= 0.6 is 0 Å². The van der Waals surface area contributed by atoms with Crippen molar-refractivity contribution in [2.24, 2.45) is 0 Å². The quantitative estimate of drug-likeness (QED) is 0.760. The van der Waals surface area contributed by atoms with Gasteiger partial charge < -0.3 is 15.2 Å². The fraction of sp³-hybridized carbons (Fsp3) is 0.692. The summed E-state index contributed by atoms with van der Waals surface area (Å²) in [5.41, 5.74) is 0. The van der Waals surface area contributed by atoms with Crippen molar-refractivity contribution in [1.82, 2.24) is 25.1 Å². The maximum Gasteiger partial charge on any atom is 0.238 e. The van der Waals surface area contributed by atoms with Crippen molar-refractivity contribution in [3.8, 4) is 0 Å². The van der Waals surface area contributed by atoms with Gasteiger partial charge in [0.15, 0.2) is 0 Å². The second kappa shape index (κ2) is 6.68. The molecular formula is C13H23N5O. The Balaban J connectivity index is 1.92. The average Bonchev–Trinajstić information content (AvgIpc) is 2.82. The number of hydrogen-bond donors (Lipinski definition) is 2. The average molecular weight is 265 g/mol. The van der Waals surface area contributed by atoms with E-state index in [0.717, 1.165) is 38.5 Å². The number of piperazine rings is 1. The van der Waals surface area contributed by atoms with Crippen LogP contribution in [0.15, 0.2) is 12.4 Å². The summed E-state index contributed by atoms with van der Waals surface area (Å²) < 4.78 is 2.12. The summed E-state index contributed by atoms with van der Waals surface area (Å²) in [6, 6.07) is -0.0578. The largest absolute Gasteiger partial charge is 0.355 e. The Kier molecular flexibility index (Phi) is 4.93. The molecule has 1 aromatic heterocycles. The van der Waals surface area contributed by atoms with E-state index in [1.807, 2.05) is 26.2 Å². The molecule has 1 unspecified atom stereocenters. The normalized spacial score (nSPS) is 20.4. The molecule has 1 saturated heterocycles. The maximum atomic E-state index is 12.0. The molecule has 0 aliphatic carbocycles. The summed E-state index contributed by atoms with van der Waals surface area (Å²) in [5.74, 6) is 1.14. The van der Waals surface area contributed by atoms with Crippen molar-refractivity contribution in [3.05, 3.63) is 18.2 Å². The molecule has 1 fully saturated rings. The predicted molar refractivity (Wildman–Crippen MR) is 73.9 cm³/mol. The van der Waals surface area contributed by atoms with Crippen LogP contribution in [0.5, 0.6) is 0 Å². The minimum Gasteiger partial charge on any atom is -0.355 e. The van der Waals surface area contributed by atoms with Gasteiger partial charge >= 0.3 is 0 Å². The molecule has 2 N–H and O–H groups in total. The van der Waals surface area contributed by atoms with E-state index < -0.39 is 0 Å². The zero-order chi connectivity index (χ0) is 13.7. The fourth-order valence-electron chi connectivity index (χ4n) is 2.44. The highest BCUT2D eigenvalue weighted by molar-refractivity contribution is 5.82. The Hall–Kier alpha value is -1.40. The molecule has 1 amide bonds. The van der Waals surface area contributed by atoms with Gasteiger partial charge in [-0.15, -0.1) is 0 Å². The van der Waals surface area contributed by atoms with Crippen LogP contribution in [0.25, 0.3) is 0 Å². The van der Waals surface area contributed by atoms with Crippen LogP contribution in [0.2, 0.25) is 0 Å². The minimum atomic E-state index is -0.0578. The van der Waals surface area contributed by atoms with Gasteiger partial charge in [0.2, 0.25) is 5.91 Å². The number of nitrogens with zero attached hydrogens (tertiary/aromatic N) is 3. The Morgan fingerprint density at radius 3 is 3.11 bits per heavy atom. The minimum absolute atomic E-state index is 0.0578. The van der Waals surface area contributed by atoms with Gasteiger partial charge in [-0.3, -0.25) is 9.69 Å². The van der Waals surface area contributed by atoms with E-state index in [1.54, 1.807) is 0 Å². The van der Waals surface area contributed by atoms with Crippen LogP contribution < -0.4 is 10.6 Å². The molecule has 0 bridgehead atoms. The van der Waals surface area contributed by atoms with Gasteiger partial charge in [0, 0.05) is 51.7 Å². The van der Waals surface area contributed by atoms with Gasteiger partial charge in [-0.05, 0) is 13.8 Å². The van der Waals surface area contributed by atoms with Crippen LogP contribution in [-0.2, 0) is 11.3 Å². The molecule has 6 heteroatoms. The van der Waals surface area contributed by atoms with Gasteiger partial charge in [0.1, 0.15) is 11.9 Å². The molecule has 0 saturated carbocycles. The first-order valence-corrected chi connectivity index (χ1v) is 6.92. The van der Waals surface area contributed by atoms with Crippen molar-refractivity contribution in [3.63, 3.8) is 0 Å². The lowest BCUT2D eigenvalue weighted by Gasteiger charge is -2.35. The Labute approximate surface area is 114 Å². The molecule has 0 aromatic carbocycles. The number of rotatable bonds is 5. The summed E-state index contributed by atoms with van der Waals surface area (Å²) in [7, 11) is 0. The highest BCUT2D eigenvalue weighted by atomic mass is 16.2. The lowest BCUT2D eigenvalue weighted by molar-refractivity contribution is -0.127. The van der Waals surface area contributed by atoms with E-state index in [0.29, 0.717) is 6.54 Å². The molecule has 0 radical (unpaired) electrons. The van der Waals surface area contributed by atoms with Crippen LogP contribution in [0.1, 0.15) is 12.7 Å². The van der Waals surface area contributed by atoms with Gasteiger partial charge in [-0.2, -0.15) is 0 Å². The third kappa shape index (κ3) is 3.54. The number of likely N-dealkylation sites (N-methyl/N-ethyl adjacent to an activating group) is 1. The van der Waals surface area contributed by atoms with Gasteiger partial charge in [0.05, 0.1) is 0 Å². The highest BCUT2D eigenvalue weighted by Crippen LogP contribution is 2.05. The number of carbonyl (C=O) groups is 1. The molecule has 6 nitrogen and oxygen atoms in total. The van der Waals surface area contributed by atoms with Crippen LogP contribution in [0.4, 0.5) is 0 Å². The zero-order valence-corrected chi connectivity index (χ0v) is 11.7. The molecule has 19 heavy (non-hydrogen) atoms. The number of aryl methyl sites for hydroxylation is 1. The third-order valence-electron chi connectivity index (χ3n) is 3.56. The van der Waals surface area contributed by atoms with E-state index in [2.05, 4.69) is 25.1 Å². The van der Waals surface area contributed by atoms with Crippen LogP contribution in [-0.4, -0.2) is 59.1 Å². The SMILES string of the molecule is CCNC(=O)C1CNCCN1CCn1ccnc1C.